The largest absolute Gasteiger partial charge is 0.441 e. The molecule has 0 aromatic rings. The number of hydrogen-bond acceptors (Lipinski definition) is 4. The fraction of sp³-hybridized carbons (Fsp3) is 0.571. The molecular formula is C7H9NO4. The molecule has 0 bridgehead atoms. The third-order valence-electron chi connectivity index (χ3n) is 1.55. The van der Waals surface area contributed by atoms with Gasteiger partial charge in [-0.1, -0.05) is 0 Å². The highest BCUT2D eigenvalue weighted by Gasteiger charge is 2.41. The molecule has 0 N–H and O–H groups in total. The molecule has 0 aliphatic carbocycles. The normalized spacial score (nSPS) is 21.7. The number of esters is 1. The lowest BCUT2D eigenvalue weighted by molar-refractivity contribution is -0.185. The first kappa shape index (κ1) is 8.70. The Bertz CT molecular complexity index is 240. The molecule has 1 rings (SSSR count). The molecule has 0 aromatic carbocycles. The molecule has 0 spiro atoms. The van der Waals surface area contributed by atoms with Gasteiger partial charge in [0.15, 0.2) is 6.23 Å². The molecule has 1 saturated heterocycles. The van der Waals surface area contributed by atoms with Gasteiger partial charge in [0.1, 0.15) is 0 Å². The summed E-state index contributed by atoms with van der Waals surface area (Å²) in [5.41, 5.74) is 0. The van der Waals surface area contributed by atoms with Crippen LogP contribution in [0.4, 0.5) is 0 Å². The zero-order valence-corrected chi connectivity index (χ0v) is 6.86. The van der Waals surface area contributed by atoms with Crippen LogP contribution in [0.1, 0.15) is 20.3 Å². The summed E-state index contributed by atoms with van der Waals surface area (Å²) in [7, 11) is 0. The molecule has 1 fully saturated rings. The average molecular weight is 171 g/mol. The summed E-state index contributed by atoms with van der Waals surface area (Å²) >= 11 is 0. The Morgan fingerprint density at radius 2 is 2.08 bits per heavy atom. The van der Waals surface area contributed by atoms with Crippen molar-refractivity contribution in [3.63, 3.8) is 0 Å². The van der Waals surface area contributed by atoms with Gasteiger partial charge in [0, 0.05) is 13.8 Å². The number of carbonyl (C=O) groups excluding carboxylic acids is 3. The van der Waals surface area contributed by atoms with E-state index in [4.69, 9.17) is 0 Å². The van der Waals surface area contributed by atoms with Gasteiger partial charge < -0.3 is 4.74 Å². The van der Waals surface area contributed by atoms with Crippen LogP contribution in [0.25, 0.3) is 0 Å². The molecule has 2 amide bonds. The van der Waals surface area contributed by atoms with Gasteiger partial charge in [-0.3, -0.25) is 14.4 Å². The number of nitrogens with zero attached hydrogens (tertiary/aromatic N) is 1. The predicted octanol–water partition coefficient (Wildman–Crippen LogP) is -0.346. The van der Waals surface area contributed by atoms with E-state index >= 15 is 0 Å². The maximum atomic E-state index is 10.8. The van der Waals surface area contributed by atoms with Gasteiger partial charge in [-0.15, -0.1) is 0 Å². The average Bonchev–Trinajstić information content (AvgIpc) is 1.82. The zero-order chi connectivity index (χ0) is 9.30. The van der Waals surface area contributed by atoms with Crippen molar-refractivity contribution in [1.82, 2.24) is 4.90 Å². The van der Waals surface area contributed by atoms with E-state index in [-0.39, 0.29) is 12.3 Å². The minimum atomic E-state index is -0.674. The number of β-lactam (4-membered cyclic amide) rings is 1. The Balaban J connectivity index is 2.54. The summed E-state index contributed by atoms with van der Waals surface area (Å²) < 4.78 is 4.68. The van der Waals surface area contributed by atoms with E-state index in [1.54, 1.807) is 0 Å². The number of amides is 2. The molecule has 5 nitrogen and oxygen atoms in total. The highest BCUT2D eigenvalue weighted by atomic mass is 16.6. The van der Waals surface area contributed by atoms with Gasteiger partial charge >= 0.3 is 5.97 Å². The summed E-state index contributed by atoms with van der Waals surface area (Å²) in [6, 6.07) is 0. The topological polar surface area (TPSA) is 63.7 Å². The van der Waals surface area contributed by atoms with E-state index in [9.17, 15) is 14.4 Å². The monoisotopic (exact) mass is 171 g/mol. The Labute approximate surface area is 69.3 Å². The van der Waals surface area contributed by atoms with Gasteiger partial charge in [0.2, 0.25) is 11.8 Å². The smallest absolute Gasteiger partial charge is 0.304 e. The Morgan fingerprint density at radius 3 is 2.42 bits per heavy atom. The number of hydrogen-bond donors (Lipinski definition) is 0. The van der Waals surface area contributed by atoms with Gasteiger partial charge in [-0.25, -0.2) is 4.90 Å². The molecule has 1 aliphatic rings. The van der Waals surface area contributed by atoms with E-state index in [2.05, 4.69) is 4.74 Å². The molecule has 1 atom stereocenters. The number of ether oxygens (including phenoxy) is 1. The first-order valence-corrected chi connectivity index (χ1v) is 3.52. The molecule has 0 aromatic heterocycles. The highest BCUT2D eigenvalue weighted by molar-refractivity contribution is 5.99. The Hall–Kier alpha value is -1.39. The number of imide groups is 1. The fourth-order valence-electron chi connectivity index (χ4n) is 1.05. The van der Waals surface area contributed by atoms with E-state index in [0.717, 1.165) is 4.90 Å². The number of rotatable bonds is 1. The van der Waals surface area contributed by atoms with Crippen LogP contribution in [0, 0.1) is 0 Å². The third-order valence-corrected chi connectivity index (χ3v) is 1.55. The van der Waals surface area contributed by atoms with E-state index in [1.807, 2.05) is 0 Å². The maximum absolute atomic E-state index is 10.8. The van der Waals surface area contributed by atoms with E-state index in [0.29, 0.717) is 0 Å². The highest BCUT2D eigenvalue weighted by Crippen LogP contribution is 2.20. The van der Waals surface area contributed by atoms with Crippen LogP contribution < -0.4 is 0 Å². The van der Waals surface area contributed by atoms with Gasteiger partial charge in [-0.05, 0) is 0 Å². The molecule has 66 valence electrons. The minimum Gasteiger partial charge on any atom is -0.441 e. The summed E-state index contributed by atoms with van der Waals surface area (Å²) in [4.78, 5) is 32.9. The van der Waals surface area contributed by atoms with Crippen LogP contribution in [0.3, 0.4) is 0 Å². The molecule has 0 saturated carbocycles. The predicted molar refractivity (Wildman–Crippen MR) is 37.7 cm³/mol. The Morgan fingerprint density at radius 1 is 1.50 bits per heavy atom. The van der Waals surface area contributed by atoms with Crippen LogP contribution in [-0.2, 0) is 19.1 Å². The van der Waals surface area contributed by atoms with Crippen LogP contribution in [-0.4, -0.2) is 28.9 Å². The first-order chi connectivity index (χ1) is 5.52. The molecule has 1 heterocycles. The van der Waals surface area contributed by atoms with E-state index in [1.165, 1.54) is 13.8 Å². The molecular weight excluding hydrogens is 162 g/mol. The fourth-order valence-corrected chi connectivity index (χ4v) is 1.05. The quantitative estimate of drug-likeness (QED) is 0.399. The van der Waals surface area contributed by atoms with Crippen LogP contribution >= 0.6 is 0 Å². The first-order valence-electron chi connectivity index (χ1n) is 3.52. The van der Waals surface area contributed by atoms with Crippen molar-refractivity contribution in [2.45, 2.75) is 26.5 Å². The minimum absolute atomic E-state index is 0.110. The van der Waals surface area contributed by atoms with Crippen molar-refractivity contribution in [2.24, 2.45) is 0 Å². The van der Waals surface area contributed by atoms with Crippen molar-refractivity contribution in [2.75, 3.05) is 0 Å². The third kappa shape index (κ3) is 1.44. The summed E-state index contributed by atoms with van der Waals surface area (Å²) in [5.74, 6) is -1.18. The standard InChI is InChI=1S/C7H9NO4/c1-4(9)8-6(11)3-7(8)12-5(2)10/h7H,3H2,1-2H3/t7-/m0/s1. The van der Waals surface area contributed by atoms with Crippen molar-refractivity contribution in [1.29, 1.82) is 0 Å². The Kier molecular flexibility index (Phi) is 2.12. The lowest BCUT2D eigenvalue weighted by Gasteiger charge is -2.36. The zero-order valence-electron chi connectivity index (χ0n) is 6.86. The van der Waals surface area contributed by atoms with Crippen molar-refractivity contribution >= 4 is 17.8 Å². The number of carbonyl (C=O) groups is 3. The summed E-state index contributed by atoms with van der Waals surface area (Å²) in [6.45, 7) is 2.49. The van der Waals surface area contributed by atoms with Crippen LogP contribution in [0.5, 0.6) is 0 Å². The second-order valence-corrected chi connectivity index (χ2v) is 2.55. The molecule has 12 heavy (non-hydrogen) atoms. The molecule has 0 unspecified atom stereocenters. The summed E-state index contributed by atoms with van der Waals surface area (Å²) in [5, 5.41) is 0. The molecule has 0 radical (unpaired) electrons. The lowest BCUT2D eigenvalue weighted by Crippen LogP contribution is -2.56. The van der Waals surface area contributed by atoms with Crippen LogP contribution in [0.2, 0.25) is 0 Å². The van der Waals surface area contributed by atoms with E-state index < -0.39 is 18.1 Å². The van der Waals surface area contributed by atoms with Crippen molar-refractivity contribution in [3.8, 4) is 0 Å². The van der Waals surface area contributed by atoms with Gasteiger partial charge in [-0.2, -0.15) is 0 Å². The van der Waals surface area contributed by atoms with Crippen molar-refractivity contribution < 1.29 is 19.1 Å². The maximum Gasteiger partial charge on any atom is 0.304 e. The SMILES string of the molecule is CC(=O)O[C@H]1CC(=O)N1C(C)=O. The van der Waals surface area contributed by atoms with Crippen LogP contribution in [0.15, 0.2) is 0 Å². The van der Waals surface area contributed by atoms with Crippen molar-refractivity contribution in [3.05, 3.63) is 0 Å². The second-order valence-electron chi connectivity index (χ2n) is 2.55. The lowest BCUT2D eigenvalue weighted by atomic mass is 10.1. The molecule has 5 heteroatoms. The second kappa shape index (κ2) is 2.92. The number of likely N-dealkylation sites (tertiary alicyclic amines) is 1. The summed E-state index contributed by atoms with van der Waals surface area (Å²) in [6.07, 6.45) is -0.563. The van der Waals surface area contributed by atoms with Gasteiger partial charge in [0.25, 0.3) is 0 Å². The molecule has 1 aliphatic heterocycles. The van der Waals surface area contributed by atoms with Gasteiger partial charge in [0.05, 0.1) is 6.42 Å².